The number of rotatable bonds is 4. The van der Waals surface area contributed by atoms with Crippen LogP contribution >= 0.6 is 0 Å². The zero-order valence-electron chi connectivity index (χ0n) is 9.41. The molecule has 1 aromatic heterocycles. The highest BCUT2D eigenvalue weighted by Gasteiger charge is 2.33. The van der Waals surface area contributed by atoms with Crippen LogP contribution in [0.2, 0.25) is 0 Å². The van der Waals surface area contributed by atoms with E-state index < -0.39 is 24.5 Å². The zero-order chi connectivity index (χ0) is 13.9. The monoisotopic (exact) mass is 264 g/mol. The van der Waals surface area contributed by atoms with E-state index in [1.54, 1.807) is 0 Å². The summed E-state index contributed by atoms with van der Waals surface area (Å²) in [5.41, 5.74) is 5.92. The van der Waals surface area contributed by atoms with Crippen LogP contribution in [-0.2, 0) is 17.8 Å². The van der Waals surface area contributed by atoms with E-state index in [0.717, 1.165) is 6.20 Å². The number of aryl methyl sites for hydroxylation is 1. The minimum Gasteiger partial charge on any atom is -0.481 e. The first kappa shape index (κ1) is 14.2. The van der Waals surface area contributed by atoms with E-state index in [1.807, 2.05) is 0 Å². The van der Waals surface area contributed by atoms with Gasteiger partial charge < -0.3 is 15.6 Å². The summed E-state index contributed by atoms with van der Waals surface area (Å²) in [4.78, 5) is 14.4. The number of hydrogen-bond donors (Lipinski definition) is 2. The van der Waals surface area contributed by atoms with Gasteiger partial charge in [0, 0.05) is 17.8 Å². The molecule has 0 aliphatic rings. The van der Waals surface area contributed by atoms with Crippen molar-refractivity contribution in [2.75, 3.05) is 0 Å². The van der Waals surface area contributed by atoms with Crippen molar-refractivity contribution >= 4 is 5.97 Å². The van der Waals surface area contributed by atoms with Crippen LogP contribution in [0.5, 0.6) is 5.75 Å². The van der Waals surface area contributed by atoms with Gasteiger partial charge in [0.1, 0.15) is 0 Å². The molecule has 0 aromatic carbocycles. The number of carbonyl (C=O) groups is 1. The number of nitrogens with two attached hydrogens (primary N) is 1. The van der Waals surface area contributed by atoms with Crippen LogP contribution in [0.1, 0.15) is 16.8 Å². The Morgan fingerprint density at radius 2 is 2.11 bits per heavy atom. The van der Waals surface area contributed by atoms with Gasteiger partial charge in [-0.2, -0.15) is 0 Å². The molecule has 1 heterocycles. The van der Waals surface area contributed by atoms with Crippen LogP contribution in [0.25, 0.3) is 0 Å². The fraction of sp³-hybridized carbons (Fsp3) is 0.400. The number of pyridine rings is 1. The fourth-order valence-electron chi connectivity index (χ4n) is 1.51. The van der Waals surface area contributed by atoms with E-state index in [4.69, 9.17) is 10.8 Å². The number of carboxylic acids is 1. The van der Waals surface area contributed by atoms with Gasteiger partial charge in [0.05, 0.1) is 12.6 Å². The van der Waals surface area contributed by atoms with Gasteiger partial charge in [-0.15, -0.1) is 13.2 Å². The Hall–Kier alpha value is -1.83. The van der Waals surface area contributed by atoms with Crippen molar-refractivity contribution in [1.29, 1.82) is 0 Å². The molecule has 1 rings (SSSR count). The van der Waals surface area contributed by atoms with Crippen molar-refractivity contribution < 1.29 is 27.8 Å². The highest BCUT2D eigenvalue weighted by atomic mass is 19.4. The molecule has 0 amide bonds. The predicted octanol–water partition coefficient (Wildman–Crippen LogP) is 1.37. The van der Waals surface area contributed by atoms with Gasteiger partial charge in [-0.1, -0.05) is 0 Å². The Balaban J connectivity index is 3.28. The molecule has 8 heteroatoms. The summed E-state index contributed by atoms with van der Waals surface area (Å²) in [6.45, 7) is 1.42. The Morgan fingerprint density at radius 3 is 2.56 bits per heavy atom. The van der Waals surface area contributed by atoms with Gasteiger partial charge in [0.25, 0.3) is 0 Å². The molecule has 0 atom stereocenters. The van der Waals surface area contributed by atoms with Gasteiger partial charge in [0.15, 0.2) is 5.75 Å². The topological polar surface area (TPSA) is 85.4 Å². The summed E-state index contributed by atoms with van der Waals surface area (Å²) in [7, 11) is 0. The number of aliphatic carboxylic acids is 1. The van der Waals surface area contributed by atoms with Gasteiger partial charge in [-0.3, -0.25) is 9.78 Å². The second kappa shape index (κ2) is 5.21. The normalized spacial score (nSPS) is 11.4. The highest BCUT2D eigenvalue weighted by Crippen LogP contribution is 2.29. The van der Waals surface area contributed by atoms with Crippen LogP contribution in [0.3, 0.4) is 0 Å². The second-order valence-electron chi connectivity index (χ2n) is 3.49. The third-order valence-corrected chi connectivity index (χ3v) is 2.23. The van der Waals surface area contributed by atoms with Gasteiger partial charge >= 0.3 is 12.3 Å². The maximum absolute atomic E-state index is 12.2. The molecule has 0 aliphatic heterocycles. The number of alkyl halides is 3. The molecule has 18 heavy (non-hydrogen) atoms. The Labute approximate surface area is 100 Å². The smallest absolute Gasteiger partial charge is 0.481 e. The van der Waals surface area contributed by atoms with Crippen molar-refractivity contribution in [3.63, 3.8) is 0 Å². The largest absolute Gasteiger partial charge is 0.573 e. The standard InChI is InChI=1S/C10H11F3N2O3/c1-5-7(3-14)6(2-9(16)17)8(4-15-5)18-10(11,12)13/h4H,2-3,14H2,1H3,(H,16,17). The van der Waals surface area contributed by atoms with E-state index in [1.165, 1.54) is 6.92 Å². The third kappa shape index (κ3) is 3.59. The molecular formula is C10H11F3N2O3. The van der Waals surface area contributed by atoms with Crippen molar-refractivity contribution in [3.05, 3.63) is 23.0 Å². The molecule has 5 nitrogen and oxygen atoms in total. The van der Waals surface area contributed by atoms with Crippen LogP contribution in [-0.4, -0.2) is 22.4 Å². The lowest BCUT2D eigenvalue weighted by atomic mass is 10.0. The Morgan fingerprint density at radius 1 is 1.50 bits per heavy atom. The summed E-state index contributed by atoms with van der Waals surface area (Å²) < 4.78 is 40.2. The minimum absolute atomic E-state index is 0.102. The molecule has 0 bridgehead atoms. The van der Waals surface area contributed by atoms with Crippen molar-refractivity contribution in [2.45, 2.75) is 26.3 Å². The van der Waals surface area contributed by atoms with Crippen molar-refractivity contribution in [3.8, 4) is 5.75 Å². The van der Waals surface area contributed by atoms with Crippen molar-refractivity contribution in [2.24, 2.45) is 5.73 Å². The summed E-state index contributed by atoms with van der Waals surface area (Å²) in [5.74, 6) is -1.90. The fourth-order valence-corrected chi connectivity index (χ4v) is 1.51. The number of carboxylic acid groups (broad SMARTS) is 1. The number of halogens is 3. The first-order chi connectivity index (χ1) is 8.24. The predicted molar refractivity (Wildman–Crippen MR) is 54.9 cm³/mol. The van der Waals surface area contributed by atoms with Crippen LogP contribution in [0.4, 0.5) is 13.2 Å². The van der Waals surface area contributed by atoms with Crippen LogP contribution in [0, 0.1) is 6.92 Å². The first-order valence-corrected chi connectivity index (χ1v) is 4.89. The molecule has 1 aromatic rings. The zero-order valence-corrected chi connectivity index (χ0v) is 9.41. The van der Waals surface area contributed by atoms with E-state index in [-0.39, 0.29) is 17.7 Å². The average Bonchev–Trinajstić information content (AvgIpc) is 2.20. The molecule has 0 spiro atoms. The summed E-state index contributed by atoms with van der Waals surface area (Å²) in [5, 5.41) is 8.70. The lowest BCUT2D eigenvalue weighted by Gasteiger charge is -2.16. The third-order valence-electron chi connectivity index (χ3n) is 2.23. The number of hydrogen-bond acceptors (Lipinski definition) is 4. The highest BCUT2D eigenvalue weighted by molar-refractivity contribution is 5.72. The van der Waals surface area contributed by atoms with Crippen LogP contribution < -0.4 is 10.5 Å². The number of aromatic nitrogens is 1. The average molecular weight is 264 g/mol. The molecule has 3 N–H and O–H groups in total. The molecule has 0 fully saturated rings. The molecule has 0 saturated carbocycles. The number of ether oxygens (including phenoxy) is 1. The molecule has 0 aliphatic carbocycles. The SMILES string of the molecule is Cc1ncc(OC(F)(F)F)c(CC(=O)O)c1CN. The van der Waals surface area contributed by atoms with E-state index in [9.17, 15) is 18.0 Å². The maximum Gasteiger partial charge on any atom is 0.573 e. The number of nitrogens with zero attached hydrogens (tertiary/aromatic N) is 1. The molecule has 100 valence electrons. The first-order valence-electron chi connectivity index (χ1n) is 4.89. The van der Waals surface area contributed by atoms with E-state index in [2.05, 4.69) is 9.72 Å². The maximum atomic E-state index is 12.2. The summed E-state index contributed by atoms with van der Waals surface area (Å²) >= 11 is 0. The van der Waals surface area contributed by atoms with E-state index in [0.29, 0.717) is 5.69 Å². The van der Waals surface area contributed by atoms with Gasteiger partial charge in [-0.25, -0.2) is 0 Å². The molecule has 0 unspecified atom stereocenters. The summed E-state index contributed by atoms with van der Waals surface area (Å²) in [6, 6.07) is 0. The Bertz CT molecular complexity index is 460. The van der Waals surface area contributed by atoms with Gasteiger partial charge in [0.2, 0.25) is 0 Å². The quantitative estimate of drug-likeness (QED) is 0.857. The molecule has 0 saturated heterocycles. The Kier molecular flexibility index (Phi) is 4.12. The van der Waals surface area contributed by atoms with Crippen LogP contribution in [0.15, 0.2) is 6.20 Å². The molecular weight excluding hydrogens is 253 g/mol. The lowest BCUT2D eigenvalue weighted by molar-refractivity contribution is -0.275. The summed E-state index contributed by atoms with van der Waals surface area (Å²) in [6.07, 6.45) is -4.67. The van der Waals surface area contributed by atoms with Gasteiger partial charge in [-0.05, 0) is 12.5 Å². The van der Waals surface area contributed by atoms with Crippen molar-refractivity contribution in [1.82, 2.24) is 4.98 Å². The minimum atomic E-state index is -4.91. The van der Waals surface area contributed by atoms with E-state index >= 15 is 0 Å². The molecule has 0 radical (unpaired) electrons. The lowest BCUT2D eigenvalue weighted by Crippen LogP contribution is -2.20. The second-order valence-corrected chi connectivity index (χ2v) is 3.49.